The zero-order valence-electron chi connectivity index (χ0n) is 9.74. The molecular formula is C12H13ClN4. The molecule has 2 rings (SSSR count). The third-order valence-corrected chi connectivity index (χ3v) is 2.39. The maximum atomic E-state index is 5.78. The van der Waals surface area contributed by atoms with Crippen LogP contribution in [0.15, 0.2) is 24.3 Å². The zero-order valence-corrected chi connectivity index (χ0v) is 10.5. The topological polar surface area (TPSA) is 50.7 Å². The lowest BCUT2D eigenvalue weighted by Gasteiger charge is -2.06. The number of rotatable bonds is 3. The van der Waals surface area contributed by atoms with Crippen molar-refractivity contribution in [1.29, 1.82) is 0 Å². The lowest BCUT2D eigenvalue weighted by molar-refractivity contribution is 0.992. The fraction of sp³-hybridized carbons (Fsp3) is 0.250. The Morgan fingerprint density at radius 2 is 1.94 bits per heavy atom. The summed E-state index contributed by atoms with van der Waals surface area (Å²) in [5, 5.41) is 3.43. The maximum absolute atomic E-state index is 5.78. The molecule has 88 valence electrons. The Balaban J connectivity index is 2.07. The van der Waals surface area contributed by atoms with Gasteiger partial charge in [-0.2, -0.15) is 0 Å². The molecule has 0 aromatic carbocycles. The van der Waals surface area contributed by atoms with E-state index in [4.69, 9.17) is 11.6 Å². The summed E-state index contributed by atoms with van der Waals surface area (Å²) < 4.78 is 0. The monoisotopic (exact) mass is 248 g/mol. The van der Waals surface area contributed by atoms with Gasteiger partial charge < -0.3 is 5.32 Å². The highest BCUT2D eigenvalue weighted by molar-refractivity contribution is 6.28. The number of pyridine rings is 1. The summed E-state index contributed by atoms with van der Waals surface area (Å²) in [6, 6.07) is 7.77. The van der Waals surface area contributed by atoms with Gasteiger partial charge in [0.1, 0.15) is 5.82 Å². The van der Waals surface area contributed by atoms with Crippen LogP contribution in [0, 0.1) is 13.8 Å². The van der Waals surface area contributed by atoms with E-state index in [1.807, 2.05) is 38.1 Å². The average molecular weight is 249 g/mol. The molecule has 0 unspecified atom stereocenters. The number of nitrogens with zero attached hydrogens (tertiary/aromatic N) is 3. The van der Waals surface area contributed by atoms with Crippen LogP contribution in [0.2, 0.25) is 5.28 Å². The fourth-order valence-electron chi connectivity index (χ4n) is 1.50. The third kappa shape index (κ3) is 3.39. The number of aryl methyl sites for hydroxylation is 2. The number of halogens is 1. The molecule has 0 saturated heterocycles. The molecule has 0 bridgehead atoms. The first kappa shape index (κ1) is 11.8. The number of hydrogen-bond acceptors (Lipinski definition) is 4. The molecule has 17 heavy (non-hydrogen) atoms. The minimum atomic E-state index is 0.254. The molecule has 1 N–H and O–H groups in total. The Morgan fingerprint density at radius 1 is 1.12 bits per heavy atom. The van der Waals surface area contributed by atoms with E-state index in [1.165, 1.54) is 0 Å². The van der Waals surface area contributed by atoms with E-state index in [-0.39, 0.29) is 5.28 Å². The Hall–Kier alpha value is -1.68. The first-order chi connectivity index (χ1) is 8.13. The van der Waals surface area contributed by atoms with Gasteiger partial charge in [-0.3, -0.25) is 4.98 Å². The lowest BCUT2D eigenvalue weighted by Crippen LogP contribution is -2.04. The van der Waals surface area contributed by atoms with Crippen LogP contribution in [0.3, 0.4) is 0 Å². The van der Waals surface area contributed by atoms with Gasteiger partial charge in [0.15, 0.2) is 0 Å². The molecule has 0 saturated carbocycles. The van der Waals surface area contributed by atoms with Gasteiger partial charge >= 0.3 is 0 Å². The van der Waals surface area contributed by atoms with Crippen molar-refractivity contribution >= 4 is 17.4 Å². The van der Waals surface area contributed by atoms with Crippen LogP contribution in [0.5, 0.6) is 0 Å². The van der Waals surface area contributed by atoms with E-state index in [1.54, 1.807) is 0 Å². The van der Waals surface area contributed by atoms with Crippen molar-refractivity contribution in [2.75, 3.05) is 5.32 Å². The summed E-state index contributed by atoms with van der Waals surface area (Å²) in [4.78, 5) is 12.5. The summed E-state index contributed by atoms with van der Waals surface area (Å²) in [6.07, 6.45) is 0. The van der Waals surface area contributed by atoms with Crippen LogP contribution in [-0.4, -0.2) is 15.0 Å². The largest absolute Gasteiger partial charge is 0.364 e. The van der Waals surface area contributed by atoms with Gasteiger partial charge in [-0.15, -0.1) is 0 Å². The quantitative estimate of drug-likeness (QED) is 0.849. The van der Waals surface area contributed by atoms with Crippen molar-refractivity contribution in [3.05, 3.63) is 46.6 Å². The van der Waals surface area contributed by atoms with Gasteiger partial charge in [0.25, 0.3) is 0 Å². The van der Waals surface area contributed by atoms with E-state index in [0.717, 1.165) is 17.1 Å². The van der Waals surface area contributed by atoms with Crippen LogP contribution in [0.25, 0.3) is 0 Å². The molecule has 0 spiro atoms. The summed E-state index contributed by atoms with van der Waals surface area (Å²) in [7, 11) is 0. The third-order valence-electron chi connectivity index (χ3n) is 2.22. The molecule has 0 aliphatic heterocycles. The number of nitrogens with one attached hydrogen (secondary N) is 1. The number of anilines is 1. The minimum Gasteiger partial charge on any atom is -0.364 e. The Bertz CT molecular complexity index is 507. The van der Waals surface area contributed by atoms with E-state index < -0.39 is 0 Å². The lowest BCUT2D eigenvalue weighted by atomic mass is 10.3. The normalized spacial score (nSPS) is 10.3. The van der Waals surface area contributed by atoms with Gasteiger partial charge in [-0.1, -0.05) is 6.07 Å². The number of hydrogen-bond donors (Lipinski definition) is 1. The molecule has 0 aliphatic carbocycles. The van der Waals surface area contributed by atoms with Gasteiger partial charge in [-0.05, 0) is 37.6 Å². The molecule has 4 nitrogen and oxygen atoms in total. The Kier molecular flexibility index (Phi) is 3.54. The van der Waals surface area contributed by atoms with E-state index >= 15 is 0 Å². The molecule has 0 amide bonds. The second-order valence-corrected chi connectivity index (χ2v) is 4.13. The summed E-state index contributed by atoms with van der Waals surface area (Å²) in [5.74, 6) is 0.714. The minimum absolute atomic E-state index is 0.254. The van der Waals surface area contributed by atoms with Crippen molar-refractivity contribution in [2.24, 2.45) is 0 Å². The highest BCUT2D eigenvalue weighted by atomic mass is 35.5. The smallest absolute Gasteiger partial charge is 0.224 e. The van der Waals surface area contributed by atoms with E-state index in [9.17, 15) is 0 Å². The Labute approximate surface area is 105 Å². The molecule has 0 fully saturated rings. The fourth-order valence-corrected chi connectivity index (χ4v) is 1.73. The molecule has 2 aromatic heterocycles. The summed E-state index contributed by atoms with van der Waals surface area (Å²) >= 11 is 5.78. The van der Waals surface area contributed by atoms with Crippen molar-refractivity contribution < 1.29 is 0 Å². The summed E-state index contributed by atoms with van der Waals surface area (Å²) in [5.41, 5.74) is 2.81. The van der Waals surface area contributed by atoms with Crippen LogP contribution in [0.4, 0.5) is 5.82 Å². The molecule has 0 radical (unpaired) electrons. The number of aromatic nitrogens is 3. The highest BCUT2D eigenvalue weighted by Gasteiger charge is 2.00. The van der Waals surface area contributed by atoms with Crippen LogP contribution in [-0.2, 0) is 6.54 Å². The van der Waals surface area contributed by atoms with Crippen LogP contribution >= 0.6 is 11.6 Å². The van der Waals surface area contributed by atoms with Crippen molar-refractivity contribution in [2.45, 2.75) is 20.4 Å². The first-order valence-corrected chi connectivity index (χ1v) is 5.69. The molecule has 0 atom stereocenters. The second-order valence-electron chi connectivity index (χ2n) is 3.79. The molecule has 2 heterocycles. The van der Waals surface area contributed by atoms with Gasteiger partial charge in [0.2, 0.25) is 5.28 Å². The highest BCUT2D eigenvalue weighted by Crippen LogP contribution is 2.10. The predicted octanol–water partition coefficient (Wildman–Crippen LogP) is 2.75. The standard InChI is InChI=1S/C12H13ClN4/c1-8-4-3-5-10(15-8)7-14-11-6-9(2)16-12(13)17-11/h3-6H,7H2,1-2H3,(H,14,16,17). The molecule has 2 aromatic rings. The van der Waals surface area contributed by atoms with Crippen LogP contribution in [0.1, 0.15) is 17.1 Å². The van der Waals surface area contributed by atoms with Gasteiger partial charge in [-0.25, -0.2) is 9.97 Å². The zero-order chi connectivity index (χ0) is 12.3. The molecule has 0 aliphatic rings. The molecule has 5 heteroatoms. The Morgan fingerprint density at radius 3 is 2.65 bits per heavy atom. The SMILES string of the molecule is Cc1cccc(CNc2cc(C)nc(Cl)n2)n1. The van der Waals surface area contributed by atoms with Crippen LogP contribution < -0.4 is 5.32 Å². The van der Waals surface area contributed by atoms with Crippen molar-refractivity contribution in [3.8, 4) is 0 Å². The first-order valence-electron chi connectivity index (χ1n) is 5.31. The molecular weight excluding hydrogens is 236 g/mol. The van der Waals surface area contributed by atoms with E-state index in [0.29, 0.717) is 12.4 Å². The van der Waals surface area contributed by atoms with Gasteiger partial charge in [0, 0.05) is 17.5 Å². The predicted molar refractivity (Wildman–Crippen MR) is 68.1 cm³/mol. The average Bonchev–Trinajstić information content (AvgIpc) is 2.25. The second kappa shape index (κ2) is 5.10. The van der Waals surface area contributed by atoms with Crippen molar-refractivity contribution in [3.63, 3.8) is 0 Å². The van der Waals surface area contributed by atoms with E-state index in [2.05, 4.69) is 20.3 Å². The van der Waals surface area contributed by atoms with Gasteiger partial charge in [0.05, 0.1) is 12.2 Å². The maximum Gasteiger partial charge on any atom is 0.224 e. The van der Waals surface area contributed by atoms with Crippen molar-refractivity contribution in [1.82, 2.24) is 15.0 Å². The summed E-state index contributed by atoms with van der Waals surface area (Å²) in [6.45, 7) is 4.47.